The Hall–Kier alpha value is -3.16. The van der Waals surface area contributed by atoms with Crippen molar-refractivity contribution in [1.29, 1.82) is 0 Å². The lowest BCUT2D eigenvalue weighted by Crippen LogP contribution is -2.57. The number of carbonyl (C=O) groups is 1. The van der Waals surface area contributed by atoms with Crippen LogP contribution in [0.2, 0.25) is 0 Å². The molecule has 8 heteroatoms. The third kappa shape index (κ3) is 2.82. The number of anilines is 2. The zero-order valence-corrected chi connectivity index (χ0v) is 16.1. The first kappa shape index (κ1) is 17.9. The molecule has 0 bridgehead atoms. The van der Waals surface area contributed by atoms with Crippen LogP contribution in [0, 0.1) is 0 Å². The van der Waals surface area contributed by atoms with Gasteiger partial charge in [-0.25, -0.2) is 19.7 Å². The molecule has 3 heterocycles. The lowest BCUT2D eigenvalue weighted by molar-refractivity contribution is 0.0648. The Morgan fingerprint density at radius 1 is 1.21 bits per heavy atom. The number of nitrogens with zero attached hydrogens (tertiary/aromatic N) is 5. The summed E-state index contributed by atoms with van der Waals surface area (Å²) in [5, 5.41) is 10.4. The number of rotatable bonds is 4. The van der Waals surface area contributed by atoms with E-state index in [1.54, 1.807) is 29.7 Å². The Morgan fingerprint density at radius 3 is 2.72 bits per heavy atom. The minimum atomic E-state index is -0.936. The van der Waals surface area contributed by atoms with Gasteiger partial charge < -0.3 is 15.7 Å². The van der Waals surface area contributed by atoms with E-state index in [-0.39, 0.29) is 6.04 Å². The molecular weight excluding hydrogens is 368 g/mol. The number of aromatic nitrogens is 3. The average molecular weight is 392 g/mol. The molecule has 0 spiro atoms. The fraction of sp³-hybridized carbons (Fsp3) is 0.429. The SMILES string of the molecule is Nc1ccc(C2(N(C(=O)O)C3CC=CCC3)CN(C3CC3)c3ncncc32)cn1. The minimum Gasteiger partial charge on any atom is -0.465 e. The van der Waals surface area contributed by atoms with Crippen molar-refractivity contribution in [1.82, 2.24) is 19.9 Å². The number of pyridine rings is 1. The van der Waals surface area contributed by atoms with Gasteiger partial charge in [0.1, 0.15) is 23.5 Å². The van der Waals surface area contributed by atoms with Gasteiger partial charge in [0, 0.05) is 35.6 Å². The monoisotopic (exact) mass is 392 g/mol. The molecule has 0 radical (unpaired) electrons. The van der Waals surface area contributed by atoms with Gasteiger partial charge in [-0.3, -0.25) is 4.90 Å². The van der Waals surface area contributed by atoms with E-state index < -0.39 is 11.6 Å². The van der Waals surface area contributed by atoms with Gasteiger partial charge in [0.25, 0.3) is 0 Å². The first-order valence-corrected chi connectivity index (χ1v) is 10.1. The standard InChI is InChI=1S/C21H24N6O2/c22-18-9-6-14(10-24-18)21(27(20(28)29)16-4-2-1-3-5-16)12-26(15-7-8-15)19-17(21)11-23-13-25-19/h1-2,6,9-11,13,15-16H,3-5,7-8,12H2,(H2,22,24)(H,28,29). The molecule has 1 amide bonds. The number of carboxylic acid groups (broad SMARTS) is 1. The zero-order valence-electron chi connectivity index (χ0n) is 16.1. The molecule has 2 atom stereocenters. The lowest BCUT2D eigenvalue weighted by Gasteiger charge is -2.45. The summed E-state index contributed by atoms with van der Waals surface area (Å²) >= 11 is 0. The van der Waals surface area contributed by atoms with E-state index in [4.69, 9.17) is 5.73 Å². The molecule has 29 heavy (non-hydrogen) atoms. The summed E-state index contributed by atoms with van der Waals surface area (Å²) in [4.78, 5) is 29.8. The highest BCUT2D eigenvalue weighted by Gasteiger charge is 2.55. The summed E-state index contributed by atoms with van der Waals surface area (Å²) in [6.45, 7) is 0.518. The van der Waals surface area contributed by atoms with E-state index in [9.17, 15) is 9.90 Å². The van der Waals surface area contributed by atoms with Crippen LogP contribution in [0.5, 0.6) is 0 Å². The molecule has 2 aliphatic carbocycles. The van der Waals surface area contributed by atoms with Crippen LogP contribution < -0.4 is 10.6 Å². The van der Waals surface area contributed by atoms with Gasteiger partial charge in [0.15, 0.2) is 0 Å². The zero-order chi connectivity index (χ0) is 20.0. The summed E-state index contributed by atoms with van der Waals surface area (Å²) < 4.78 is 0. The molecule has 150 valence electrons. The molecule has 3 N–H and O–H groups in total. The maximum absolute atomic E-state index is 12.7. The fourth-order valence-electron chi connectivity index (χ4n) is 4.82. The quantitative estimate of drug-likeness (QED) is 0.770. The van der Waals surface area contributed by atoms with Crippen molar-refractivity contribution < 1.29 is 9.90 Å². The lowest BCUT2D eigenvalue weighted by atomic mass is 9.82. The summed E-state index contributed by atoms with van der Waals surface area (Å²) in [5.41, 5.74) is 6.56. The summed E-state index contributed by atoms with van der Waals surface area (Å²) in [6.07, 6.45) is 12.8. The van der Waals surface area contributed by atoms with Crippen LogP contribution in [0.3, 0.4) is 0 Å². The smallest absolute Gasteiger partial charge is 0.408 e. The van der Waals surface area contributed by atoms with Crippen LogP contribution in [0.1, 0.15) is 43.2 Å². The highest BCUT2D eigenvalue weighted by molar-refractivity contribution is 5.73. The van der Waals surface area contributed by atoms with Crippen LogP contribution in [0.15, 0.2) is 43.0 Å². The van der Waals surface area contributed by atoms with Crippen LogP contribution in [-0.2, 0) is 5.54 Å². The molecule has 1 aliphatic heterocycles. The molecule has 1 fully saturated rings. The van der Waals surface area contributed by atoms with Gasteiger partial charge in [-0.05, 0) is 38.2 Å². The predicted molar refractivity (Wildman–Crippen MR) is 108 cm³/mol. The van der Waals surface area contributed by atoms with Crippen LogP contribution in [0.4, 0.5) is 16.4 Å². The number of nitrogens with two attached hydrogens (primary N) is 1. The van der Waals surface area contributed by atoms with Gasteiger partial charge in [-0.1, -0.05) is 18.2 Å². The van der Waals surface area contributed by atoms with Gasteiger partial charge in [-0.2, -0.15) is 0 Å². The number of hydrogen-bond donors (Lipinski definition) is 2. The second-order valence-corrected chi connectivity index (χ2v) is 8.04. The number of allylic oxidation sites excluding steroid dienone is 1. The molecule has 2 unspecified atom stereocenters. The molecule has 3 aliphatic rings. The normalized spacial score (nSPS) is 25.7. The van der Waals surface area contributed by atoms with E-state index in [1.165, 1.54) is 0 Å². The Kier molecular flexibility index (Phi) is 4.15. The molecule has 0 saturated heterocycles. The summed E-state index contributed by atoms with van der Waals surface area (Å²) in [7, 11) is 0. The number of amides is 1. The maximum Gasteiger partial charge on any atom is 0.408 e. The van der Waals surface area contributed by atoms with Crippen molar-refractivity contribution in [3.05, 3.63) is 54.1 Å². The van der Waals surface area contributed by atoms with Crippen molar-refractivity contribution in [2.24, 2.45) is 0 Å². The molecule has 0 aromatic carbocycles. The first-order chi connectivity index (χ1) is 14.1. The minimum absolute atomic E-state index is 0.123. The van der Waals surface area contributed by atoms with E-state index in [0.29, 0.717) is 24.8 Å². The first-order valence-electron chi connectivity index (χ1n) is 10.1. The van der Waals surface area contributed by atoms with Crippen molar-refractivity contribution in [3.8, 4) is 0 Å². The second kappa shape index (κ2) is 6.72. The summed E-state index contributed by atoms with van der Waals surface area (Å²) in [6, 6.07) is 3.90. The van der Waals surface area contributed by atoms with Gasteiger partial charge >= 0.3 is 6.09 Å². The van der Waals surface area contributed by atoms with Gasteiger partial charge in [-0.15, -0.1) is 0 Å². The van der Waals surface area contributed by atoms with Crippen LogP contribution in [0.25, 0.3) is 0 Å². The van der Waals surface area contributed by atoms with E-state index in [2.05, 4.69) is 32.0 Å². The Morgan fingerprint density at radius 2 is 2.07 bits per heavy atom. The third-order valence-corrected chi connectivity index (χ3v) is 6.28. The van der Waals surface area contributed by atoms with E-state index >= 15 is 0 Å². The van der Waals surface area contributed by atoms with Gasteiger partial charge in [0.2, 0.25) is 0 Å². The van der Waals surface area contributed by atoms with Gasteiger partial charge in [0.05, 0.1) is 6.54 Å². The van der Waals surface area contributed by atoms with E-state index in [1.807, 2.05) is 6.07 Å². The van der Waals surface area contributed by atoms with Crippen molar-refractivity contribution in [2.45, 2.75) is 49.7 Å². The highest BCUT2D eigenvalue weighted by Crippen LogP contribution is 2.50. The Bertz CT molecular complexity index is 958. The maximum atomic E-state index is 12.7. The molecule has 2 aromatic rings. The molecule has 2 aromatic heterocycles. The highest BCUT2D eigenvalue weighted by atomic mass is 16.4. The largest absolute Gasteiger partial charge is 0.465 e. The van der Waals surface area contributed by atoms with Crippen molar-refractivity contribution >= 4 is 17.7 Å². The molecule has 8 nitrogen and oxygen atoms in total. The summed E-state index contributed by atoms with van der Waals surface area (Å²) in [5.74, 6) is 1.24. The fourth-order valence-corrected chi connectivity index (χ4v) is 4.82. The third-order valence-electron chi connectivity index (χ3n) is 6.28. The number of fused-ring (bicyclic) bond motifs is 1. The second-order valence-electron chi connectivity index (χ2n) is 8.04. The molecule has 5 rings (SSSR count). The van der Waals surface area contributed by atoms with Crippen molar-refractivity contribution in [3.63, 3.8) is 0 Å². The Labute approximate surface area is 169 Å². The molecule has 1 saturated carbocycles. The van der Waals surface area contributed by atoms with Crippen LogP contribution >= 0.6 is 0 Å². The number of nitrogen functional groups attached to an aromatic ring is 1. The van der Waals surface area contributed by atoms with E-state index in [0.717, 1.165) is 42.6 Å². The predicted octanol–water partition coefficient (Wildman–Crippen LogP) is 2.77. The topological polar surface area (TPSA) is 108 Å². The van der Waals surface area contributed by atoms with Crippen molar-refractivity contribution in [2.75, 3.05) is 17.2 Å². The Balaban J connectivity index is 1.73. The number of hydrogen-bond acceptors (Lipinski definition) is 6. The average Bonchev–Trinajstić information content (AvgIpc) is 3.52. The molecular formula is C21H24N6O2. The van der Waals surface area contributed by atoms with Crippen LogP contribution in [-0.4, -0.2) is 49.7 Å².